The summed E-state index contributed by atoms with van der Waals surface area (Å²) in [6, 6.07) is 2.35. The van der Waals surface area contributed by atoms with Gasteiger partial charge in [0.1, 0.15) is 0 Å². The van der Waals surface area contributed by atoms with Crippen LogP contribution in [0.5, 0.6) is 0 Å². The maximum atomic E-state index is 9.57. The normalized spacial score (nSPS) is 14.9. The van der Waals surface area contributed by atoms with Gasteiger partial charge in [-0.05, 0) is 25.8 Å². The lowest BCUT2D eigenvalue weighted by Gasteiger charge is -2.16. The zero-order valence-corrected chi connectivity index (χ0v) is 10.3. The molecule has 0 saturated carbocycles. The van der Waals surface area contributed by atoms with E-state index in [9.17, 15) is 5.11 Å². The zero-order valence-electron chi connectivity index (χ0n) is 10.3. The molecule has 4 heteroatoms. The van der Waals surface area contributed by atoms with Crippen LogP contribution in [0.25, 0.3) is 0 Å². The fourth-order valence-electron chi connectivity index (χ4n) is 1.63. The van der Waals surface area contributed by atoms with E-state index in [0.29, 0.717) is 12.6 Å². The van der Waals surface area contributed by atoms with Crippen molar-refractivity contribution in [3.05, 3.63) is 18.5 Å². The van der Waals surface area contributed by atoms with Crippen LogP contribution in [0.4, 0.5) is 0 Å². The van der Waals surface area contributed by atoms with Crippen LogP contribution in [-0.2, 0) is 6.54 Å². The Kier molecular flexibility index (Phi) is 6.11. The highest BCUT2D eigenvalue weighted by molar-refractivity contribution is 4.78. The second-order valence-corrected chi connectivity index (χ2v) is 4.31. The van der Waals surface area contributed by atoms with Crippen molar-refractivity contribution in [1.82, 2.24) is 15.1 Å². The first-order valence-electron chi connectivity index (χ1n) is 6.11. The summed E-state index contributed by atoms with van der Waals surface area (Å²) in [7, 11) is 0. The minimum Gasteiger partial charge on any atom is -0.392 e. The van der Waals surface area contributed by atoms with E-state index >= 15 is 0 Å². The summed E-state index contributed by atoms with van der Waals surface area (Å²) in [5.41, 5.74) is 0. The lowest BCUT2D eigenvalue weighted by Crippen LogP contribution is -2.34. The Morgan fingerprint density at radius 2 is 2.25 bits per heavy atom. The molecule has 92 valence electrons. The number of aryl methyl sites for hydroxylation is 1. The first-order chi connectivity index (χ1) is 7.72. The third kappa shape index (κ3) is 5.28. The maximum Gasteiger partial charge on any atom is 0.0664 e. The molecule has 4 nitrogen and oxygen atoms in total. The largest absolute Gasteiger partial charge is 0.392 e. The number of rotatable bonds is 8. The van der Waals surface area contributed by atoms with E-state index in [4.69, 9.17) is 0 Å². The van der Waals surface area contributed by atoms with Crippen LogP contribution in [0.3, 0.4) is 0 Å². The number of nitrogens with one attached hydrogen (secondary N) is 1. The molecule has 0 aliphatic carbocycles. The monoisotopic (exact) mass is 225 g/mol. The second-order valence-electron chi connectivity index (χ2n) is 4.31. The van der Waals surface area contributed by atoms with Crippen LogP contribution in [0.15, 0.2) is 18.5 Å². The summed E-state index contributed by atoms with van der Waals surface area (Å²) in [6.45, 7) is 5.84. The number of hydrogen-bond acceptors (Lipinski definition) is 3. The molecule has 1 aromatic rings. The van der Waals surface area contributed by atoms with E-state index in [2.05, 4.69) is 24.3 Å². The molecule has 0 saturated heterocycles. The molecule has 1 heterocycles. The summed E-state index contributed by atoms with van der Waals surface area (Å²) >= 11 is 0. The van der Waals surface area contributed by atoms with Crippen molar-refractivity contribution in [2.75, 3.05) is 6.54 Å². The highest BCUT2D eigenvalue weighted by Crippen LogP contribution is 1.98. The van der Waals surface area contributed by atoms with Gasteiger partial charge >= 0.3 is 0 Å². The molecular weight excluding hydrogens is 202 g/mol. The van der Waals surface area contributed by atoms with Gasteiger partial charge in [0, 0.05) is 31.5 Å². The third-order valence-corrected chi connectivity index (χ3v) is 2.67. The molecule has 1 rings (SSSR count). The predicted octanol–water partition coefficient (Wildman–Crippen LogP) is 1.41. The lowest BCUT2D eigenvalue weighted by atomic mass is 10.2. The Morgan fingerprint density at radius 1 is 1.44 bits per heavy atom. The van der Waals surface area contributed by atoms with Gasteiger partial charge in [0.05, 0.1) is 6.10 Å². The van der Waals surface area contributed by atoms with Gasteiger partial charge in [0.2, 0.25) is 0 Å². The van der Waals surface area contributed by atoms with E-state index in [1.165, 1.54) is 0 Å². The zero-order chi connectivity index (χ0) is 11.8. The van der Waals surface area contributed by atoms with Crippen LogP contribution >= 0.6 is 0 Å². The number of aliphatic hydroxyl groups excluding tert-OH is 1. The summed E-state index contributed by atoms with van der Waals surface area (Å²) in [5, 5.41) is 17.1. The Hall–Kier alpha value is -0.870. The fourth-order valence-corrected chi connectivity index (χ4v) is 1.63. The quantitative estimate of drug-likeness (QED) is 0.703. The minimum atomic E-state index is -0.211. The molecule has 0 aliphatic heterocycles. The molecule has 0 radical (unpaired) electrons. The van der Waals surface area contributed by atoms with Crippen LogP contribution in [0, 0.1) is 0 Å². The van der Waals surface area contributed by atoms with Crippen LogP contribution < -0.4 is 5.32 Å². The van der Waals surface area contributed by atoms with E-state index in [0.717, 1.165) is 25.8 Å². The highest BCUT2D eigenvalue weighted by Gasteiger charge is 2.06. The first kappa shape index (κ1) is 13.2. The molecule has 2 atom stereocenters. The van der Waals surface area contributed by atoms with Gasteiger partial charge in [-0.3, -0.25) is 4.68 Å². The fraction of sp³-hybridized carbons (Fsp3) is 0.750. The number of aromatic nitrogens is 2. The Balaban J connectivity index is 2.09. The molecule has 0 bridgehead atoms. The van der Waals surface area contributed by atoms with Crippen LogP contribution in [-0.4, -0.2) is 33.6 Å². The molecule has 1 aromatic heterocycles. The SMILES string of the molecule is CCCC(O)CNC(C)CCn1cccn1. The van der Waals surface area contributed by atoms with Gasteiger partial charge in [-0.15, -0.1) is 0 Å². The molecule has 16 heavy (non-hydrogen) atoms. The van der Waals surface area contributed by atoms with Crippen molar-refractivity contribution in [2.45, 2.75) is 51.8 Å². The van der Waals surface area contributed by atoms with Gasteiger partial charge in [0.15, 0.2) is 0 Å². The summed E-state index contributed by atoms with van der Waals surface area (Å²) in [6.07, 6.45) is 6.49. The molecule has 0 fully saturated rings. The number of hydrogen-bond donors (Lipinski definition) is 2. The molecule has 0 spiro atoms. The van der Waals surface area contributed by atoms with Gasteiger partial charge in [-0.1, -0.05) is 13.3 Å². The van der Waals surface area contributed by atoms with Crippen molar-refractivity contribution < 1.29 is 5.11 Å². The standard InChI is InChI=1S/C12H23N3O/c1-3-5-12(16)10-13-11(2)6-9-15-8-4-7-14-15/h4,7-8,11-13,16H,3,5-6,9-10H2,1-2H3. The molecule has 0 aromatic carbocycles. The van der Waals surface area contributed by atoms with Crippen LogP contribution in [0.1, 0.15) is 33.1 Å². The topological polar surface area (TPSA) is 50.1 Å². The summed E-state index contributed by atoms with van der Waals surface area (Å²) in [5.74, 6) is 0. The van der Waals surface area contributed by atoms with E-state index in [1.807, 2.05) is 16.9 Å². The van der Waals surface area contributed by atoms with Gasteiger partial charge in [-0.2, -0.15) is 5.10 Å². The van der Waals surface area contributed by atoms with Crippen molar-refractivity contribution in [3.63, 3.8) is 0 Å². The highest BCUT2D eigenvalue weighted by atomic mass is 16.3. The van der Waals surface area contributed by atoms with Gasteiger partial charge < -0.3 is 10.4 Å². The van der Waals surface area contributed by atoms with Crippen molar-refractivity contribution in [2.24, 2.45) is 0 Å². The predicted molar refractivity (Wildman–Crippen MR) is 65.2 cm³/mol. The average molecular weight is 225 g/mol. The molecule has 2 N–H and O–H groups in total. The first-order valence-corrected chi connectivity index (χ1v) is 6.11. The minimum absolute atomic E-state index is 0.211. The summed E-state index contributed by atoms with van der Waals surface area (Å²) in [4.78, 5) is 0. The average Bonchev–Trinajstić information content (AvgIpc) is 2.77. The van der Waals surface area contributed by atoms with Crippen LogP contribution in [0.2, 0.25) is 0 Å². The Morgan fingerprint density at radius 3 is 2.88 bits per heavy atom. The molecule has 0 aliphatic rings. The van der Waals surface area contributed by atoms with Gasteiger partial charge in [-0.25, -0.2) is 0 Å². The molecular formula is C12H23N3O. The number of nitrogens with zero attached hydrogens (tertiary/aromatic N) is 2. The van der Waals surface area contributed by atoms with E-state index < -0.39 is 0 Å². The Bertz CT molecular complexity index is 261. The van der Waals surface area contributed by atoms with E-state index in [-0.39, 0.29) is 6.10 Å². The van der Waals surface area contributed by atoms with E-state index in [1.54, 1.807) is 6.20 Å². The van der Waals surface area contributed by atoms with Gasteiger partial charge in [0.25, 0.3) is 0 Å². The van der Waals surface area contributed by atoms with Crippen molar-refractivity contribution >= 4 is 0 Å². The summed E-state index contributed by atoms with van der Waals surface area (Å²) < 4.78 is 1.93. The smallest absolute Gasteiger partial charge is 0.0664 e. The molecule has 2 unspecified atom stereocenters. The Labute approximate surface area is 97.7 Å². The number of aliphatic hydroxyl groups is 1. The second kappa shape index (κ2) is 7.41. The third-order valence-electron chi connectivity index (χ3n) is 2.67. The van der Waals surface area contributed by atoms with Crippen molar-refractivity contribution in [3.8, 4) is 0 Å². The van der Waals surface area contributed by atoms with Crippen molar-refractivity contribution in [1.29, 1.82) is 0 Å². The lowest BCUT2D eigenvalue weighted by molar-refractivity contribution is 0.156. The maximum absolute atomic E-state index is 9.57. The molecule has 0 amide bonds.